The van der Waals surface area contributed by atoms with Gasteiger partial charge in [-0.1, -0.05) is 67.4 Å². The van der Waals surface area contributed by atoms with Crippen molar-refractivity contribution < 1.29 is 0 Å². The standard InChI is InChI=1S/C7H15N.C6H14.C3H8/c1-4-7(5-2)6-8-3;1-5-6(2,3)4;1-3-2/h4,7-8H,1,5-6H2,2-3H3;5H2,1-4H3;3H2,1-2H3. The third kappa shape index (κ3) is 31.3. The Bertz CT molecular complexity index is 133. The van der Waals surface area contributed by atoms with Crippen LogP contribution < -0.4 is 5.32 Å². The van der Waals surface area contributed by atoms with Crippen LogP contribution in [0.1, 0.15) is 67.7 Å². The first-order valence-corrected chi connectivity index (χ1v) is 7.09. The lowest BCUT2D eigenvalue weighted by atomic mass is 9.94. The molecule has 1 nitrogen and oxygen atoms in total. The molecule has 1 atom stereocenters. The molecular formula is C16H37N. The van der Waals surface area contributed by atoms with E-state index in [2.05, 4.69) is 60.4 Å². The summed E-state index contributed by atoms with van der Waals surface area (Å²) in [6.07, 6.45) is 5.70. The monoisotopic (exact) mass is 243 g/mol. The Morgan fingerprint density at radius 2 is 1.47 bits per heavy atom. The van der Waals surface area contributed by atoms with Crippen molar-refractivity contribution in [3.63, 3.8) is 0 Å². The van der Waals surface area contributed by atoms with Gasteiger partial charge in [-0.15, -0.1) is 6.58 Å². The molecule has 0 spiro atoms. The first-order valence-electron chi connectivity index (χ1n) is 7.09. The highest BCUT2D eigenvalue weighted by atomic mass is 14.8. The molecule has 1 N–H and O–H groups in total. The van der Waals surface area contributed by atoms with E-state index >= 15 is 0 Å². The SMILES string of the molecule is C=CC(CC)CNC.CCC.CCC(C)(C)C. The largest absolute Gasteiger partial charge is 0.319 e. The van der Waals surface area contributed by atoms with Gasteiger partial charge in [0.2, 0.25) is 0 Å². The summed E-state index contributed by atoms with van der Waals surface area (Å²) < 4.78 is 0. The summed E-state index contributed by atoms with van der Waals surface area (Å²) in [6, 6.07) is 0. The van der Waals surface area contributed by atoms with E-state index in [0.717, 1.165) is 6.54 Å². The van der Waals surface area contributed by atoms with E-state index in [1.165, 1.54) is 19.3 Å². The number of hydrogen-bond donors (Lipinski definition) is 1. The average molecular weight is 243 g/mol. The third-order valence-electron chi connectivity index (χ3n) is 2.38. The van der Waals surface area contributed by atoms with Gasteiger partial charge in [-0.3, -0.25) is 0 Å². The van der Waals surface area contributed by atoms with E-state index in [-0.39, 0.29) is 0 Å². The maximum absolute atomic E-state index is 3.71. The second-order valence-electron chi connectivity index (χ2n) is 5.58. The van der Waals surface area contributed by atoms with Crippen molar-refractivity contribution in [2.75, 3.05) is 13.6 Å². The van der Waals surface area contributed by atoms with Gasteiger partial charge in [0.15, 0.2) is 0 Å². The van der Waals surface area contributed by atoms with Crippen molar-refractivity contribution in [1.29, 1.82) is 0 Å². The van der Waals surface area contributed by atoms with E-state index < -0.39 is 0 Å². The molecule has 0 aliphatic carbocycles. The third-order valence-corrected chi connectivity index (χ3v) is 2.38. The Morgan fingerprint density at radius 1 is 1.12 bits per heavy atom. The van der Waals surface area contributed by atoms with E-state index in [9.17, 15) is 0 Å². The maximum atomic E-state index is 3.71. The molecule has 0 saturated carbocycles. The van der Waals surface area contributed by atoms with E-state index in [0.29, 0.717) is 11.3 Å². The molecule has 0 fully saturated rings. The predicted molar refractivity (Wildman–Crippen MR) is 83.6 cm³/mol. The molecule has 0 aliphatic heterocycles. The second-order valence-corrected chi connectivity index (χ2v) is 5.58. The fraction of sp³-hybridized carbons (Fsp3) is 0.875. The normalized spacial score (nSPS) is 11.5. The molecule has 1 heteroatoms. The minimum atomic E-state index is 0.542. The molecule has 0 aromatic heterocycles. The lowest BCUT2D eigenvalue weighted by Gasteiger charge is -2.12. The average Bonchev–Trinajstić information content (AvgIpc) is 2.27. The summed E-state index contributed by atoms with van der Waals surface area (Å²) in [5.74, 6) is 0.653. The van der Waals surface area contributed by atoms with Crippen LogP contribution in [0.5, 0.6) is 0 Å². The molecule has 0 amide bonds. The zero-order chi connectivity index (χ0) is 14.3. The minimum Gasteiger partial charge on any atom is -0.319 e. The first-order chi connectivity index (χ1) is 7.82. The topological polar surface area (TPSA) is 12.0 Å². The van der Waals surface area contributed by atoms with Crippen LogP contribution >= 0.6 is 0 Å². The molecule has 0 heterocycles. The minimum absolute atomic E-state index is 0.542. The van der Waals surface area contributed by atoms with Gasteiger partial charge in [0.05, 0.1) is 0 Å². The Labute approximate surface area is 111 Å². The molecule has 0 radical (unpaired) electrons. The highest BCUT2D eigenvalue weighted by Gasteiger charge is 2.03. The zero-order valence-electron chi connectivity index (χ0n) is 13.7. The highest BCUT2D eigenvalue weighted by molar-refractivity contribution is 4.78. The van der Waals surface area contributed by atoms with Crippen LogP contribution in [0, 0.1) is 11.3 Å². The van der Waals surface area contributed by atoms with Gasteiger partial charge in [0.25, 0.3) is 0 Å². The van der Waals surface area contributed by atoms with Crippen LogP contribution in [0.15, 0.2) is 12.7 Å². The van der Waals surface area contributed by atoms with E-state index in [1.54, 1.807) is 0 Å². The van der Waals surface area contributed by atoms with Gasteiger partial charge in [-0.25, -0.2) is 0 Å². The van der Waals surface area contributed by atoms with Crippen LogP contribution in [-0.2, 0) is 0 Å². The van der Waals surface area contributed by atoms with Gasteiger partial charge < -0.3 is 5.32 Å². The predicted octanol–water partition coefficient (Wildman–Crippen LogP) is 5.28. The van der Waals surface area contributed by atoms with Crippen molar-refractivity contribution in [2.45, 2.75) is 67.7 Å². The smallest absolute Gasteiger partial charge is 0.00110 e. The molecule has 0 saturated heterocycles. The Kier molecular flexibility index (Phi) is 20.3. The Balaban J connectivity index is -0.000000193. The molecule has 1 unspecified atom stereocenters. The van der Waals surface area contributed by atoms with Crippen LogP contribution in [0.25, 0.3) is 0 Å². The highest BCUT2D eigenvalue weighted by Crippen LogP contribution is 2.16. The molecular weight excluding hydrogens is 206 g/mol. The van der Waals surface area contributed by atoms with Crippen molar-refractivity contribution in [3.05, 3.63) is 12.7 Å². The molecule has 0 rings (SSSR count). The van der Waals surface area contributed by atoms with E-state index in [1.807, 2.05) is 13.1 Å². The quantitative estimate of drug-likeness (QED) is 0.663. The van der Waals surface area contributed by atoms with Gasteiger partial charge in [-0.2, -0.15) is 0 Å². The fourth-order valence-electron chi connectivity index (χ4n) is 0.657. The molecule has 106 valence electrons. The molecule has 0 aliphatic rings. The van der Waals surface area contributed by atoms with Crippen molar-refractivity contribution in [3.8, 4) is 0 Å². The summed E-state index contributed by atoms with van der Waals surface area (Å²) in [5.41, 5.74) is 0.542. The number of hydrogen-bond acceptors (Lipinski definition) is 1. The van der Waals surface area contributed by atoms with E-state index in [4.69, 9.17) is 0 Å². The number of rotatable bonds is 4. The maximum Gasteiger partial charge on any atom is 0.00110 e. The second kappa shape index (κ2) is 15.7. The molecule has 0 aromatic rings. The van der Waals surface area contributed by atoms with Crippen molar-refractivity contribution in [2.24, 2.45) is 11.3 Å². The first kappa shape index (κ1) is 21.9. The lowest BCUT2D eigenvalue weighted by molar-refractivity contribution is 0.398. The molecule has 0 aromatic carbocycles. The zero-order valence-corrected chi connectivity index (χ0v) is 13.7. The Hall–Kier alpha value is -0.300. The van der Waals surface area contributed by atoms with Gasteiger partial charge >= 0.3 is 0 Å². The summed E-state index contributed by atoms with van der Waals surface area (Å²) in [4.78, 5) is 0. The van der Waals surface area contributed by atoms with Crippen LogP contribution in [-0.4, -0.2) is 13.6 Å². The van der Waals surface area contributed by atoms with Crippen LogP contribution in [0.4, 0.5) is 0 Å². The van der Waals surface area contributed by atoms with Gasteiger partial charge in [-0.05, 0) is 24.8 Å². The lowest BCUT2D eigenvalue weighted by Crippen LogP contribution is -2.15. The molecule has 0 bridgehead atoms. The fourth-order valence-corrected chi connectivity index (χ4v) is 0.657. The van der Waals surface area contributed by atoms with Gasteiger partial charge in [0.1, 0.15) is 0 Å². The van der Waals surface area contributed by atoms with Crippen LogP contribution in [0.3, 0.4) is 0 Å². The van der Waals surface area contributed by atoms with Crippen molar-refractivity contribution >= 4 is 0 Å². The van der Waals surface area contributed by atoms with Gasteiger partial charge in [0, 0.05) is 6.54 Å². The summed E-state index contributed by atoms with van der Waals surface area (Å²) in [6.45, 7) is 20.1. The van der Waals surface area contributed by atoms with Crippen molar-refractivity contribution in [1.82, 2.24) is 5.32 Å². The summed E-state index contributed by atoms with van der Waals surface area (Å²) in [7, 11) is 1.96. The Morgan fingerprint density at radius 3 is 1.53 bits per heavy atom. The summed E-state index contributed by atoms with van der Waals surface area (Å²) >= 11 is 0. The van der Waals surface area contributed by atoms with Crippen LogP contribution in [0.2, 0.25) is 0 Å². The summed E-state index contributed by atoms with van der Waals surface area (Å²) in [5, 5.41) is 3.10. The molecule has 17 heavy (non-hydrogen) atoms. The number of nitrogens with one attached hydrogen (secondary N) is 1.